The van der Waals surface area contributed by atoms with Gasteiger partial charge in [0.1, 0.15) is 5.82 Å². The maximum Gasteiger partial charge on any atom is 0.279 e. The van der Waals surface area contributed by atoms with Crippen LogP contribution >= 0.6 is 0 Å². The molecule has 2 saturated heterocycles. The second-order valence-electron chi connectivity index (χ2n) is 6.62. The van der Waals surface area contributed by atoms with Gasteiger partial charge in [0.05, 0.1) is 16.6 Å². The number of hydrogen-bond acceptors (Lipinski definition) is 4. The van der Waals surface area contributed by atoms with Crippen molar-refractivity contribution in [3.05, 3.63) is 45.8 Å². The van der Waals surface area contributed by atoms with E-state index >= 15 is 0 Å². The van der Waals surface area contributed by atoms with Crippen LogP contribution in [0.3, 0.4) is 0 Å². The number of nitrogens with zero attached hydrogens (tertiary/aromatic N) is 3. The number of piperidine rings is 1. The van der Waals surface area contributed by atoms with Crippen LogP contribution in [0.25, 0.3) is 6.08 Å². The summed E-state index contributed by atoms with van der Waals surface area (Å²) < 4.78 is 13.2. The van der Waals surface area contributed by atoms with Gasteiger partial charge in [-0.2, -0.15) is 0 Å². The maximum absolute atomic E-state index is 13.2. The molecule has 0 saturated carbocycles. The topological polar surface area (TPSA) is 66.7 Å². The Morgan fingerprint density at radius 1 is 1.24 bits per heavy atom. The van der Waals surface area contributed by atoms with Crippen LogP contribution in [0, 0.1) is 15.9 Å². The lowest BCUT2D eigenvalue weighted by molar-refractivity contribution is -0.385. The van der Waals surface area contributed by atoms with Crippen molar-refractivity contribution in [1.82, 2.24) is 9.80 Å². The molecule has 2 heterocycles. The number of halogens is 1. The average molecular weight is 347 g/mol. The molecule has 2 fully saturated rings. The quantitative estimate of drug-likeness (QED) is 0.477. The Balaban J connectivity index is 1.67. The molecule has 0 aromatic heterocycles. The fraction of sp³-hybridized carbons (Fsp3) is 0.500. The van der Waals surface area contributed by atoms with E-state index < -0.39 is 10.7 Å². The molecular formula is C18H22FN3O3. The lowest BCUT2D eigenvalue weighted by Gasteiger charge is -2.37. The van der Waals surface area contributed by atoms with Gasteiger partial charge >= 0.3 is 0 Å². The fourth-order valence-electron chi connectivity index (χ4n) is 3.64. The first kappa shape index (κ1) is 17.5. The summed E-state index contributed by atoms with van der Waals surface area (Å²) in [7, 11) is 0. The Labute approximate surface area is 146 Å². The van der Waals surface area contributed by atoms with E-state index in [0.717, 1.165) is 38.1 Å². The summed E-state index contributed by atoms with van der Waals surface area (Å²) in [4.78, 5) is 27.1. The van der Waals surface area contributed by atoms with Crippen LogP contribution < -0.4 is 0 Å². The Bertz CT molecular complexity index is 686. The first-order chi connectivity index (χ1) is 12.0. The third kappa shape index (κ3) is 4.22. The van der Waals surface area contributed by atoms with Crippen LogP contribution in [0.5, 0.6) is 0 Å². The van der Waals surface area contributed by atoms with Gasteiger partial charge in [-0.25, -0.2) is 4.39 Å². The van der Waals surface area contributed by atoms with Gasteiger partial charge in [0.25, 0.3) is 5.69 Å². The summed E-state index contributed by atoms with van der Waals surface area (Å²) in [5, 5.41) is 11.0. The Kier molecular flexibility index (Phi) is 5.43. The molecule has 3 rings (SSSR count). The highest BCUT2D eigenvalue weighted by Gasteiger charge is 2.28. The van der Waals surface area contributed by atoms with Crippen molar-refractivity contribution < 1.29 is 14.1 Å². The highest BCUT2D eigenvalue weighted by atomic mass is 19.1. The number of rotatable bonds is 4. The molecule has 2 aliphatic heterocycles. The van der Waals surface area contributed by atoms with Crippen LogP contribution in [0.2, 0.25) is 0 Å². The van der Waals surface area contributed by atoms with E-state index in [1.807, 2.05) is 0 Å². The van der Waals surface area contributed by atoms with Gasteiger partial charge in [0, 0.05) is 25.2 Å². The number of nitro benzene ring substituents is 1. The summed E-state index contributed by atoms with van der Waals surface area (Å²) in [6.45, 7) is 3.61. The summed E-state index contributed by atoms with van der Waals surface area (Å²) in [5.41, 5.74) is -0.106. The first-order valence-corrected chi connectivity index (χ1v) is 8.69. The molecule has 0 N–H and O–H groups in total. The molecule has 0 radical (unpaired) electrons. The molecule has 0 bridgehead atoms. The minimum Gasteiger partial charge on any atom is -0.338 e. The van der Waals surface area contributed by atoms with Crippen molar-refractivity contribution in [2.75, 3.05) is 26.2 Å². The van der Waals surface area contributed by atoms with Crippen molar-refractivity contribution in [3.63, 3.8) is 0 Å². The van der Waals surface area contributed by atoms with Crippen LogP contribution in [-0.4, -0.2) is 52.9 Å². The van der Waals surface area contributed by atoms with Crippen LogP contribution in [-0.2, 0) is 4.79 Å². The van der Waals surface area contributed by atoms with Gasteiger partial charge in [-0.05, 0) is 57.0 Å². The Morgan fingerprint density at radius 3 is 2.72 bits per heavy atom. The lowest BCUT2D eigenvalue weighted by atomic mass is 10.0. The van der Waals surface area contributed by atoms with Crippen molar-refractivity contribution in [2.24, 2.45) is 0 Å². The Morgan fingerprint density at radius 2 is 2.00 bits per heavy atom. The van der Waals surface area contributed by atoms with E-state index in [1.165, 1.54) is 31.1 Å². The molecular weight excluding hydrogens is 325 g/mol. The molecule has 25 heavy (non-hydrogen) atoms. The predicted octanol–water partition coefficient (Wildman–Crippen LogP) is 2.83. The van der Waals surface area contributed by atoms with Crippen LogP contribution in [0.1, 0.15) is 31.2 Å². The van der Waals surface area contributed by atoms with Gasteiger partial charge in [0.15, 0.2) is 0 Å². The lowest BCUT2D eigenvalue weighted by Crippen LogP contribution is -2.48. The van der Waals surface area contributed by atoms with E-state index in [0.29, 0.717) is 19.1 Å². The second-order valence-corrected chi connectivity index (χ2v) is 6.62. The van der Waals surface area contributed by atoms with E-state index in [1.54, 1.807) is 4.90 Å². The van der Waals surface area contributed by atoms with E-state index in [4.69, 9.17) is 0 Å². The van der Waals surface area contributed by atoms with E-state index in [2.05, 4.69) is 4.90 Å². The van der Waals surface area contributed by atoms with Crippen molar-refractivity contribution in [3.8, 4) is 0 Å². The van der Waals surface area contributed by atoms with Gasteiger partial charge in [-0.15, -0.1) is 0 Å². The van der Waals surface area contributed by atoms with Gasteiger partial charge in [-0.1, -0.05) is 0 Å². The number of carbonyl (C=O) groups is 1. The predicted molar refractivity (Wildman–Crippen MR) is 92.5 cm³/mol. The normalized spacial score (nSPS) is 21.8. The number of benzene rings is 1. The summed E-state index contributed by atoms with van der Waals surface area (Å²) in [5.74, 6) is -0.817. The molecule has 134 valence electrons. The third-order valence-electron chi connectivity index (χ3n) is 4.96. The zero-order chi connectivity index (χ0) is 17.8. The van der Waals surface area contributed by atoms with Crippen molar-refractivity contribution in [2.45, 2.75) is 31.7 Å². The van der Waals surface area contributed by atoms with Gasteiger partial charge < -0.3 is 4.90 Å². The molecule has 7 heteroatoms. The number of likely N-dealkylation sites (tertiary alicyclic amines) is 2. The second kappa shape index (κ2) is 7.74. The highest BCUT2D eigenvalue weighted by molar-refractivity contribution is 5.92. The minimum absolute atomic E-state index is 0.150. The summed E-state index contributed by atoms with van der Waals surface area (Å²) >= 11 is 0. The molecule has 1 atom stereocenters. The minimum atomic E-state index is -0.667. The van der Waals surface area contributed by atoms with Gasteiger partial charge in [-0.3, -0.25) is 19.8 Å². The first-order valence-electron chi connectivity index (χ1n) is 8.69. The van der Waals surface area contributed by atoms with Crippen LogP contribution in [0.15, 0.2) is 24.3 Å². The van der Waals surface area contributed by atoms with E-state index in [9.17, 15) is 19.3 Å². The molecule has 1 aromatic carbocycles. The zero-order valence-corrected chi connectivity index (χ0v) is 14.1. The SMILES string of the molecule is O=C(/C=C\c1ccc(F)cc1[N+](=O)[O-])N1CCC[C@H](N2CCCC2)C1. The molecule has 0 unspecified atom stereocenters. The number of nitro groups is 1. The zero-order valence-electron chi connectivity index (χ0n) is 14.1. The number of amides is 1. The summed E-state index contributed by atoms with van der Waals surface area (Å²) in [6.07, 6.45) is 7.28. The highest BCUT2D eigenvalue weighted by Crippen LogP contribution is 2.23. The molecule has 1 aromatic rings. The molecule has 2 aliphatic rings. The number of carbonyl (C=O) groups excluding carboxylic acids is 1. The number of hydrogen-bond donors (Lipinski definition) is 0. The fourth-order valence-corrected chi connectivity index (χ4v) is 3.64. The monoisotopic (exact) mass is 347 g/mol. The third-order valence-corrected chi connectivity index (χ3v) is 4.96. The smallest absolute Gasteiger partial charge is 0.279 e. The standard InChI is InChI=1S/C18H22FN3O3/c19-15-7-5-14(17(12-15)22(24)25)6-8-18(23)21-11-3-4-16(13-21)20-9-1-2-10-20/h5-8,12,16H,1-4,9-11,13H2/b8-6-/t16-/m0/s1. The van der Waals surface area contributed by atoms with Crippen molar-refractivity contribution in [1.29, 1.82) is 0 Å². The van der Waals surface area contributed by atoms with Crippen LogP contribution in [0.4, 0.5) is 10.1 Å². The summed E-state index contributed by atoms with van der Waals surface area (Å²) in [6, 6.07) is 3.75. The van der Waals surface area contributed by atoms with Gasteiger partial charge in [0.2, 0.25) is 5.91 Å². The molecule has 0 spiro atoms. The maximum atomic E-state index is 13.2. The van der Waals surface area contributed by atoms with Crippen molar-refractivity contribution >= 4 is 17.7 Å². The van der Waals surface area contributed by atoms with E-state index in [-0.39, 0.29) is 17.2 Å². The largest absolute Gasteiger partial charge is 0.338 e. The average Bonchev–Trinajstić information content (AvgIpc) is 3.15. The molecule has 6 nitrogen and oxygen atoms in total. The molecule has 1 amide bonds. The molecule has 0 aliphatic carbocycles. The Hall–Kier alpha value is -2.28.